The van der Waals surface area contributed by atoms with Crippen LogP contribution in [-0.4, -0.2) is 39.6 Å². The Labute approximate surface area is 158 Å². The second-order valence-electron chi connectivity index (χ2n) is 7.22. The van der Waals surface area contributed by atoms with E-state index in [4.69, 9.17) is 9.84 Å². The molecule has 6 heteroatoms. The van der Waals surface area contributed by atoms with Crippen LogP contribution in [0.1, 0.15) is 48.2 Å². The number of benzene rings is 2. The number of hydrogen-bond donors (Lipinski definition) is 4. The van der Waals surface area contributed by atoms with Crippen molar-refractivity contribution >= 4 is 5.97 Å². The number of carboxylic acid groups (broad SMARTS) is 1. The second-order valence-corrected chi connectivity index (χ2v) is 7.22. The lowest BCUT2D eigenvalue weighted by Crippen LogP contribution is -2.26. The van der Waals surface area contributed by atoms with Crippen LogP contribution in [0.4, 0.5) is 0 Å². The average Bonchev–Trinajstić information content (AvgIpc) is 2.65. The summed E-state index contributed by atoms with van der Waals surface area (Å²) in [5, 5.41) is 38.9. The average molecular weight is 374 g/mol. The molecular weight excluding hydrogens is 348 g/mol. The van der Waals surface area contributed by atoms with Crippen molar-refractivity contribution in [3.8, 4) is 5.75 Å². The third-order valence-corrected chi connectivity index (χ3v) is 4.56. The Morgan fingerprint density at radius 1 is 0.963 bits per heavy atom. The molecule has 0 spiro atoms. The van der Waals surface area contributed by atoms with Crippen LogP contribution in [0.5, 0.6) is 5.75 Å². The predicted octanol–water partition coefficient (Wildman–Crippen LogP) is 2.65. The molecule has 0 atom stereocenters. The topological polar surface area (TPSA) is 107 Å². The lowest BCUT2D eigenvalue weighted by atomic mass is 9.84. The van der Waals surface area contributed by atoms with Crippen LogP contribution in [0.25, 0.3) is 0 Å². The van der Waals surface area contributed by atoms with Crippen LogP contribution >= 0.6 is 0 Å². The summed E-state index contributed by atoms with van der Waals surface area (Å²) < 4.78 is 5.51. The molecule has 0 aliphatic carbocycles. The van der Waals surface area contributed by atoms with Gasteiger partial charge in [-0.05, 0) is 36.2 Å². The lowest BCUT2D eigenvalue weighted by molar-refractivity contribution is -0.176. The molecule has 4 N–H and O–H groups in total. The van der Waals surface area contributed by atoms with E-state index in [9.17, 15) is 20.1 Å². The SMILES string of the molecule is CC(C)(CO)c1ccc(C(O)(O)CCCOc2ccc(C(=O)O)cc2)cc1. The molecule has 0 radical (unpaired) electrons. The molecule has 0 saturated carbocycles. The number of carbonyl (C=O) groups is 1. The van der Waals surface area contributed by atoms with Gasteiger partial charge in [-0.2, -0.15) is 0 Å². The van der Waals surface area contributed by atoms with Gasteiger partial charge in [0.05, 0.1) is 18.8 Å². The van der Waals surface area contributed by atoms with Crippen LogP contribution < -0.4 is 4.74 Å². The van der Waals surface area contributed by atoms with Crippen LogP contribution in [0, 0.1) is 0 Å². The highest BCUT2D eigenvalue weighted by atomic mass is 16.5. The summed E-state index contributed by atoms with van der Waals surface area (Å²) in [6, 6.07) is 12.9. The maximum absolute atomic E-state index is 10.8. The fraction of sp³-hybridized carbons (Fsp3) is 0.381. The van der Waals surface area contributed by atoms with E-state index in [2.05, 4.69) is 0 Å². The molecule has 0 bridgehead atoms. The van der Waals surface area contributed by atoms with Gasteiger partial charge < -0.3 is 25.2 Å². The van der Waals surface area contributed by atoms with Gasteiger partial charge in [-0.15, -0.1) is 0 Å². The highest BCUT2D eigenvalue weighted by Gasteiger charge is 2.26. The van der Waals surface area contributed by atoms with Crippen LogP contribution in [0.2, 0.25) is 0 Å². The minimum absolute atomic E-state index is 0.000518. The van der Waals surface area contributed by atoms with Gasteiger partial charge in [0.25, 0.3) is 0 Å². The van der Waals surface area contributed by atoms with Crippen molar-refractivity contribution in [2.45, 2.75) is 37.9 Å². The number of rotatable bonds is 9. The second kappa shape index (κ2) is 8.52. The molecule has 0 fully saturated rings. The molecule has 0 heterocycles. The smallest absolute Gasteiger partial charge is 0.335 e. The summed E-state index contributed by atoms with van der Waals surface area (Å²) in [7, 11) is 0. The highest BCUT2D eigenvalue weighted by Crippen LogP contribution is 2.28. The molecule has 0 aliphatic heterocycles. The lowest BCUT2D eigenvalue weighted by Gasteiger charge is -2.25. The number of carboxylic acids is 1. The molecule has 2 aromatic carbocycles. The first-order valence-corrected chi connectivity index (χ1v) is 8.78. The highest BCUT2D eigenvalue weighted by molar-refractivity contribution is 5.87. The monoisotopic (exact) mass is 374 g/mol. The number of aromatic carboxylic acids is 1. The predicted molar refractivity (Wildman–Crippen MR) is 101 cm³/mol. The molecule has 0 saturated heterocycles. The Morgan fingerprint density at radius 2 is 1.52 bits per heavy atom. The molecular formula is C21H26O6. The van der Waals surface area contributed by atoms with E-state index in [0.29, 0.717) is 17.7 Å². The summed E-state index contributed by atoms with van der Waals surface area (Å²) in [6.07, 6.45) is 0.487. The van der Waals surface area contributed by atoms with E-state index < -0.39 is 17.2 Å². The normalized spacial score (nSPS) is 12.0. The van der Waals surface area contributed by atoms with Gasteiger partial charge >= 0.3 is 5.97 Å². The summed E-state index contributed by atoms with van der Waals surface area (Å²) in [6.45, 7) is 4.09. The Hall–Kier alpha value is -2.41. The van der Waals surface area contributed by atoms with E-state index in [1.54, 1.807) is 36.4 Å². The fourth-order valence-electron chi connectivity index (χ4n) is 2.63. The number of ether oxygens (including phenoxy) is 1. The van der Waals surface area contributed by atoms with Crippen LogP contribution in [0.3, 0.4) is 0 Å². The van der Waals surface area contributed by atoms with E-state index in [0.717, 1.165) is 5.56 Å². The summed E-state index contributed by atoms with van der Waals surface area (Å²) >= 11 is 0. The zero-order valence-electron chi connectivity index (χ0n) is 15.6. The standard InChI is InChI=1S/C21H26O6/c1-20(2,14-22)16-6-8-17(9-7-16)21(25,26)12-3-13-27-18-10-4-15(5-11-18)19(23)24/h4-11,22,25-26H,3,12-14H2,1-2H3,(H,23,24). The van der Waals surface area contributed by atoms with Crippen molar-refractivity contribution in [2.24, 2.45) is 0 Å². The van der Waals surface area contributed by atoms with Gasteiger partial charge in [0.15, 0.2) is 5.79 Å². The molecule has 146 valence electrons. The zero-order valence-corrected chi connectivity index (χ0v) is 15.6. The van der Waals surface area contributed by atoms with E-state index in [1.807, 2.05) is 13.8 Å². The third kappa shape index (κ3) is 5.53. The molecule has 0 amide bonds. The first-order chi connectivity index (χ1) is 12.7. The first-order valence-electron chi connectivity index (χ1n) is 8.78. The number of aliphatic hydroxyl groups excluding tert-OH is 1. The van der Waals surface area contributed by atoms with E-state index in [-0.39, 0.29) is 25.2 Å². The van der Waals surface area contributed by atoms with Crippen molar-refractivity contribution in [3.05, 3.63) is 65.2 Å². The van der Waals surface area contributed by atoms with Crippen LogP contribution in [0.15, 0.2) is 48.5 Å². The minimum Gasteiger partial charge on any atom is -0.494 e. The molecule has 2 aromatic rings. The quantitative estimate of drug-likeness (QED) is 0.397. The Balaban J connectivity index is 1.88. The Bertz CT molecular complexity index is 747. The summed E-state index contributed by atoms with van der Waals surface area (Å²) in [4.78, 5) is 10.8. The Morgan fingerprint density at radius 3 is 2.04 bits per heavy atom. The summed E-state index contributed by atoms with van der Waals surface area (Å²) in [5.41, 5.74) is 1.08. The van der Waals surface area contributed by atoms with Gasteiger partial charge in [-0.1, -0.05) is 38.1 Å². The van der Waals surface area contributed by atoms with Crippen molar-refractivity contribution < 1.29 is 30.0 Å². The third-order valence-electron chi connectivity index (χ3n) is 4.56. The van der Waals surface area contributed by atoms with Crippen molar-refractivity contribution in [1.82, 2.24) is 0 Å². The van der Waals surface area contributed by atoms with Gasteiger partial charge in [0.1, 0.15) is 5.75 Å². The molecule has 0 aromatic heterocycles. The van der Waals surface area contributed by atoms with Gasteiger partial charge in [-0.25, -0.2) is 4.79 Å². The largest absolute Gasteiger partial charge is 0.494 e. The fourth-order valence-corrected chi connectivity index (χ4v) is 2.63. The summed E-state index contributed by atoms with van der Waals surface area (Å²) in [5.74, 6) is -2.45. The van der Waals surface area contributed by atoms with Crippen molar-refractivity contribution in [2.75, 3.05) is 13.2 Å². The van der Waals surface area contributed by atoms with E-state index >= 15 is 0 Å². The molecule has 6 nitrogen and oxygen atoms in total. The molecule has 27 heavy (non-hydrogen) atoms. The zero-order chi connectivity index (χ0) is 20.1. The van der Waals surface area contributed by atoms with Crippen molar-refractivity contribution in [3.63, 3.8) is 0 Å². The van der Waals surface area contributed by atoms with Crippen molar-refractivity contribution in [1.29, 1.82) is 0 Å². The molecule has 0 aliphatic rings. The minimum atomic E-state index is -1.97. The van der Waals surface area contributed by atoms with E-state index in [1.165, 1.54) is 12.1 Å². The molecule has 0 unspecified atom stereocenters. The number of hydrogen-bond acceptors (Lipinski definition) is 5. The maximum atomic E-state index is 10.8. The number of aliphatic hydroxyl groups is 3. The van der Waals surface area contributed by atoms with Gasteiger partial charge in [0.2, 0.25) is 0 Å². The molecule has 2 rings (SSSR count). The Kier molecular flexibility index (Phi) is 6.59. The first kappa shape index (κ1) is 20.9. The van der Waals surface area contributed by atoms with Crippen LogP contribution in [-0.2, 0) is 11.2 Å². The van der Waals surface area contributed by atoms with Gasteiger partial charge in [0, 0.05) is 17.4 Å². The van der Waals surface area contributed by atoms with Gasteiger partial charge in [-0.3, -0.25) is 0 Å². The maximum Gasteiger partial charge on any atom is 0.335 e.